The number of hydrogen-bond donors (Lipinski definition) is 2. The summed E-state index contributed by atoms with van der Waals surface area (Å²) in [6.07, 6.45) is 1.48. The van der Waals surface area contributed by atoms with Crippen LogP contribution in [0.15, 0.2) is 44.6 Å². The number of pyridine rings is 1. The molecule has 0 saturated heterocycles. The van der Waals surface area contributed by atoms with Gasteiger partial charge < -0.3 is 9.52 Å². The summed E-state index contributed by atoms with van der Waals surface area (Å²) in [7, 11) is -4.00. The molecular weight excluding hydrogens is 340 g/mol. The number of anilines is 1. The van der Waals surface area contributed by atoms with Crippen molar-refractivity contribution < 1.29 is 22.7 Å². The molecule has 2 rings (SSSR count). The Hall–Kier alpha value is -1.87. The van der Waals surface area contributed by atoms with E-state index in [1.807, 2.05) is 0 Å². The van der Waals surface area contributed by atoms with Crippen LogP contribution in [0.25, 0.3) is 0 Å². The summed E-state index contributed by atoms with van der Waals surface area (Å²) in [6.45, 7) is 0. The molecule has 0 unspecified atom stereocenters. The van der Waals surface area contributed by atoms with Crippen LogP contribution in [0, 0.1) is 0 Å². The third-order valence-corrected chi connectivity index (χ3v) is 3.93. The van der Waals surface area contributed by atoms with Crippen molar-refractivity contribution in [3.63, 3.8) is 0 Å². The standard InChI is InChI=1S/C10H7BrN2O5S/c11-9-6(2-1-5-12-9)13-19(16,17)8-4-3-7(18-8)10(14)15/h1-5,13H,(H,14,15). The number of nitrogens with zero attached hydrogens (tertiary/aromatic N) is 1. The second-order valence-electron chi connectivity index (χ2n) is 3.37. The third-order valence-electron chi connectivity index (χ3n) is 2.06. The fourth-order valence-corrected chi connectivity index (χ4v) is 2.72. The van der Waals surface area contributed by atoms with Gasteiger partial charge in [0.05, 0.1) is 5.69 Å². The average Bonchev–Trinajstić information content (AvgIpc) is 2.82. The smallest absolute Gasteiger partial charge is 0.371 e. The van der Waals surface area contributed by atoms with Gasteiger partial charge in [0, 0.05) is 6.20 Å². The van der Waals surface area contributed by atoms with Gasteiger partial charge in [-0.05, 0) is 40.2 Å². The lowest BCUT2D eigenvalue weighted by atomic mass is 10.4. The Bertz CT molecular complexity index is 725. The zero-order chi connectivity index (χ0) is 14.0. The molecule has 0 radical (unpaired) electrons. The number of aromatic carboxylic acids is 1. The average molecular weight is 347 g/mol. The molecule has 2 aromatic heterocycles. The monoisotopic (exact) mass is 346 g/mol. The summed E-state index contributed by atoms with van der Waals surface area (Å²) in [4.78, 5) is 14.5. The van der Waals surface area contributed by atoms with Crippen LogP contribution in [-0.4, -0.2) is 24.5 Å². The van der Waals surface area contributed by atoms with Gasteiger partial charge in [0.15, 0.2) is 0 Å². The molecule has 9 heteroatoms. The summed E-state index contributed by atoms with van der Waals surface area (Å²) in [5.41, 5.74) is 0.218. The van der Waals surface area contributed by atoms with E-state index in [-0.39, 0.29) is 5.69 Å². The van der Waals surface area contributed by atoms with Crippen LogP contribution in [0.5, 0.6) is 0 Å². The summed E-state index contributed by atoms with van der Waals surface area (Å²) < 4.78 is 31.2. The first-order valence-electron chi connectivity index (χ1n) is 4.86. The number of sulfonamides is 1. The number of carbonyl (C=O) groups is 1. The molecule has 0 aliphatic rings. The topological polar surface area (TPSA) is 110 Å². The van der Waals surface area contributed by atoms with E-state index in [4.69, 9.17) is 9.52 Å². The Kier molecular flexibility index (Phi) is 3.58. The molecule has 0 aromatic carbocycles. The summed E-state index contributed by atoms with van der Waals surface area (Å²) in [5, 5.41) is 8.19. The molecule has 100 valence electrons. The first-order valence-corrected chi connectivity index (χ1v) is 7.14. The minimum atomic E-state index is -4.00. The number of aromatic nitrogens is 1. The van der Waals surface area contributed by atoms with Crippen LogP contribution in [0.4, 0.5) is 5.69 Å². The number of nitrogens with one attached hydrogen (secondary N) is 1. The minimum absolute atomic E-state index is 0.218. The molecule has 0 bridgehead atoms. The SMILES string of the molecule is O=C(O)c1ccc(S(=O)(=O)Nc2cccnc2Br)o1. The van der Waals surface area contributed by atoms with E-state index in [0.717, 1.165) is 12.1 Å². The molecule has 0 fully saturated rings. The summed E-state index contributed by atoms with van der Waals surface area (Å²) in [6, 6.07) is 5.17. The molecule has 2 aromatic rings. The van der Waals surface area contributed by atoms with Gasteiger partial charge in [-0.1, -0.05) is 0 Å². The van der Waals surface area contributed by atoms with Gasteiger partial charge in [0.25, 0.3) is 10.0 Å². The predicted octanol–water partition coefficient (Wildman–Crippen LogP) is 1.94. The van der Waals surface area contributed by atoms with E-state index in [9.17, 15) is 13.2 Å². The Morgan fingerprint density at radius 3 is 2.68 bits per heavy atom. The molecule has 0 amide bonds. The van der Waals surface area contributed by atoms with E-state index in [1.165, 1.54) is 12.3 Å². The van der Waals surface area contributed by atoms with Gasteiger partial charge in [-0.3, -0.25) is 4.72 Å². The fourth-order valence-electron chi connectivity index (χ4n) is 1.24. The lowest BCUT2D eigenvalue weighted by Crippen LogP contribution is -2.12. The van der Waals surface area contributed by atoms with E-state index in [0.29, 0.717) is 4.60 Å². The maximum atomic E-state index is 11.9. The van der Waals surface area contributed by atoms with E-state index in [1.54, 1.807) is 6.07 Å². The number of rotatable bonds is 4. The van der Waals surface area contributed by atoms with Crippen molar-refractivity contribution in [1.29, 1.82) is 0 Å². The Morgan fingerprint density at radius 1 is 1.37 bits per heavy atom. The Morgan fingerprint density at radius 2 is 2.11 bits per heavy atom. The molecule has 0 atom stereocenters. The zero-order valence-corrected chi connectivity index (χ0v) is 11.6. The highest BCUT2D eigenvalue weighted by atomic mass is 79.9. The van der Waals surface area contributed by atoms with Gasteiger partial charge >= 0.3 is 5.97 Å². The zero-order valence-electron chi connectivity index (χ0n) is 9.20. The van der Waals surface area contributed by atoms with Crippen LogP contribution in [-0.2, 0) is 10.0 Å². The van der Waals surface area contributed by atoms with Crippen LogP contribution < -0.4 is 4.72 Å². The van der Waals surface area contributed by atoms with E-state index < -0.39 is 26.8 Å². The molecule has 0 saturated carbocycles. The number of furan rings is 1. The van der Waals surface area contributed by atoms with Crippen molar-refractivity contribution in [2.45, 2.75) is 5.09 Å². The van der Waals surface area contributed by atoms with Gasteiger partial charge in [0.2, 0.25) is 10.9 Å². The lowest BCUT2D eigenvalue weighted by Gasteiger charge is -2.06. The van der Waals surface area contributed by atoms with Gasteiger partial charge in [-0.2, -0.15) is 8.42 Å². The highest BCUT2D eigenvalue weighted by molar-refractivity contribution is 9.10. The van der Waals surface area contributed by atoms with Crippen molar-refractivity contribution >= 4 is 37.6 Å². The molecular formula is C10H7BrN2O5S. The highest BCUT2D eigenvalue weighted by Gasteiger charge is 2.21. The second-order valence-corrected chi connectivity index (χ2v) is 5.74. The Labute approximate surface area is 116 Å². The largest absolute Gasteiger partial charge is 0.475 e. The molecule has 0 aliphatic carbocycles. The van der Waals surface area contributed by atoms with Crippen LogP contribution in [0.2, 0.25) is 0 Å². The quantitative estimate of drug-likeness (QED) is 0.818. The molecule has 2 N–H and O–H groups in total. The number of carboxylic acid groups (broad SMARTS) is 1. The van der Waals surface area contributed by atoms with Crippen molar-refractivity contribution in [3.05, 3.63) is 40.8 Å². The minimum Gasteiger partial charge on any atom is -0.475 e. The van der Waals surface area contributed by atoms with E-state index in [2.05, 4.69) is 25.6 Å². The maximum absolute atomic E-state index is 11.9. The first-order chi connectivity index (χ1) is 8.90. The lowest BCUT2D eigenvalue weighted by molar-refractivity contribution is 0.0656. The van der Waals surface area contributed by atoms with Crippen LogP contribution in [0.1, 0.15) is 10.6 Å². The van der Waals surface area contributed by atoms with Gasteiger partial charge in [-0.15, -0.1) is 0 Å². The second kappa shape index (κ2) is 5.02. The summed E-state index contributed by atoms with van der Waals surface area (Å²) in [5.74, 6) is -1.80. The molecule has 0 aliphatic heterocycles. The van der Waals surface area contributed by atoms with Gasteiger partial charge in [-0.25, -0.2) is 9.78 Å². The number of halogens is 1. The summed E-state index contributed by atoms with van der Waals surface area (Å²) >= 11 is 3.09. The molecule has 19 heavy (non-hydrogen) atoms. The van der Waals surface area contributed by atoms with Crippen molar-refractivity contribution in [2.24, 2.45) is 0 Å². The number of hydrogen-bond acceptors (Lipinski definition) is 5. The number of carboxylic acids is 1. The third kappa shape index (κ3) is 2.93. The van der Waals surface area contributed by atoms with Crippen molar-refractivity contribution in [2.75, 3.05) is 4.72 Å². The van der Waals surface area contributed by atoms with Crippen molar-refractivity contribution in [3.8, 4) is 0 Å². The fraction of sp³-hybridized carbons (Fsp3) is 0. The molecule has 2 heterocycles. The predicted molar refractivity (Wildman–Crippen MR) is 68.4 cm³/mol. The van der Waals surface area contributed by atoms with Crippen LogP contribution >= 0.6 is 15.9 Å². The molecule has 0 spiro atoms. The normalized spacial score (nSPS) is 11.2. The van der Waals surface area contributed by atoms with E-state index >= 15 is 0 Å². The maximum Gasteiger partial charge on any atom is 0.371 e. The van der Waals surface area contributed by atoms with Crippen molar-refractivity contribution in [1.82, 2.24) is 4.98 Å². The van der Waals surface area contributed by atoms with Crippen LogP contribution in [0.3, 0.4) is 0 Å². The van der Waals surface area contributed by atoms with Gasteiger partial charge in [0.1, 0.15) is 4.60 Å². The Balaban J connectivity index is 2.32. The highest BCUT2D eigenvalue weighted by Crippen LogP contribution is 2.23. The first kappa shape index (κ1) is 13.6. The molecule has 7 nitrogen and oxygen atoms in total.